The normalized spacial score (nSPS) is 13.0. The Morgan fingerprint density at radius 2 is 1.77 bits per heavy atom. The number of benzene rings is 1. The first-order valence-electron chi connectivity index (χ1n) is 4.29. The average Bonchev–Trinajstić information content (AvgIpc) is 2.12. The second kappa shape index (κ2) is 4.22. The summed E-state index contributed by atoms with van der Waals surface area (Å²) in [6.07, 6.45) is 0. The van der Waals surface area contributed by atoms with Crippen molar-refractivity contribution in [3.63, 3.8) is 0 Å². The Balaban J connectivity index is 3.13. The molecule has 1 aromatic rings. The summed E-state index contributed by atoms with van der Waals surface area (Å²) in [4.78, 5) is 0. The summed E-state index contributed by atoms with van der Waals surface area (Å²) in [7, 11) is 0. The first-order valence-corrected chi connectivity index (χ1v) is 5.08. The minimum atomic E-state index is 0.200. The van der Waals surface area contributed by atoms with E-state index in [2.05, 4.69) is 47.3 Å². The number of hydrazine groups is 1. The molecule has 72 valence electrons. The van der Waals surface area contributed by atoms with E-state index in [4.69, 9.17) is 5.84 Å². The molecule has 0 amide bonds. The van der Waals surface area contributed by atoms with Crippen LogP contribution in [0.25, 0.3) is 0 Å². The maximum Gasteiger partial charge on any atom is 0.0432 e. The fraction of sp³-hybridized carbons (Fsp3) is 0.400. The van der Waals surface area contributed by atoms with E-state index in [1.165, 1.54) is 21.2 Å². The molecule has 0 saturated carbocycles. The first kappa shape index (κ1) is 10.7. The second-order valence-electron chi connectivity index (χ2n) is 3.36. The van der Waals surface area contributed by atoms with Crippen molar-refractivity contribution < 1.29 is 0 Å². The van der Waals surface area contributed by atoms with Crippen LogP contribution in [0.5, 0.6) is 0 Å². The van der Waals surface area contributed by atoms with E-state index in [9.17, 15) is 0 Å². The van der Waals surface area contributed by atoms with Crippen LogP contribution in [0.15, 0.2) is 16.6 Å². The summed E-state index contributed by atoms with van der Waals surface area (Å²) in [6.45, 7) is 6.22. The van der Waals surface area contributed by atoms with Gasteiger partial charge in [-0.05, 0) is 37.5 Å². The Labute approximate surface area is 87.6 Å². The molecule has 0 aliphatic carbocycles. The highest BCUT2D eigenvalue weighted by molar-refractivity contribution is 9.10. The molecule has 0 spiro atoms. The lowest BCUT2D eigenvalue weighted by Crippen LogP contribution is -2.25. The van der Waals surface area contributed by atoms with Gasteiger partial charge < -0.3 is 0 Å². The smallest absolute Gasteiger partial charge is 0.0432 e. The minimum absolute atomic E-state index is 0.200. The topological polar surface area (TPSA) is 38.0 Å². The summed E-state index contributed by atoms with van der Waals surface area (Å²) in [6, 6.07) is 4.48. The standard InChI is InChI=1S/C10H15BrN2/c1-6-4-9(8(3)13-12)5-7(2)10(6)11/h4-5,8,13H,12H2,1-3H3. The Kier molecular flexibility index (Phi) is 3.47. The van der Waals surface area contributed by atoms with Crippen molar-refractivity contribution in [2.24, 2.45) is 5.84 Å². The number of rotatable bonds is 2. The Bertz CT molecular complexity index is 287. The van der Waals surface area contributed by atoms with Crippen LogP contribution in [0.2, 0.25) is 0 Å². The van der Waals surface area contributed by atoms with Gasteiger partial charge in [0.15, 0.2) is 0 Å². The lowest BCUT2D eigenvalue weighted by molar-refractivity contribution is 0.601. The number of hydrogen-bond donors (Lipinski definition) is 2. The van der Waals surface area contributed by atoms with Crippen LogP contribution in [0, 0.1) is 13.8 Å². The number of hydrogen-bond acceptors (Lipinski definition) is 2. The third-order valence-corrected chi connectivity index (χ3v) is 3.46. The van der Waals surface area contributed by atoms with Gasteiger partial charge in [0.2, 0.25) is 0 Å². The molecule has 3 N–H and O–H groups in total. The van der Waals surface area contributed by atoms with Crippen LogP contribution in [-0.2, 0) is 0 Å². The van der Waals surface area contributed by atoms with Gasteiger partial charge in [0.05, 0.1) is 0 Å². The van der Waals surface area contributed by atoms with E-state index in [1.54, 1.807) is 0 Å². The van der Waals surface area contributed by atoms with Gasteiger partial charge in [0, 0.05) is 10.5 Å². The van der Waals surface area contributed by atoms with E-state index in [1.807, 2.05) is 6.92 Å². The average molecular weight is 243 g/mol. The molecule has 0 aliphatic rings. The van der Waals surface area contributed by atoms with Gasteiger partial charge in [-0.2, -0.15) is 0 Å². The fourth-order valence-corrected chi connectivity index (χ4v) is 1.55. The molecular weight excluding hydrogens is 228 g/mol. The quantitative estimate of drug-likeness (QED) is 0.619. The third kappa shape index (κ3) is 2.30. The van der Waals surface area contributed by atoms with Gasteiger partial charge in [0.1, 0.15) is 0 Å². The maximum absolute atomic E-state index is 5.38. The molecule has 1 atom stereocenters. The van der Waals surface area contributed by atoms with Gasteiger partial charge >= 0.3 is 0 Å². The van der Waals surface area contributed by atoms with E-state index >= 15 is 0 Å². The zero-order chi connectivity index (χ0) is 10.0. The highest BCUT2D eigenvalue weighted by Gasteiger charge is 2.06. The third-order valence-electron chi connectivity index (χ3n) is 2.21. The van der Waals surface area contributed by atoms with Crippen molar-refractivity contribution in [1.29, 1.82) is 0 Å². The lowest BCUT2D eigenvalue weighted by Gasteiger charge is -2.13. The Morgan fingerprint density at radius 1 is 1.31 bits per heavy atom. The summed E-state index contributed by atoms with van der Waals surface area (Å²) in [5.74, 6) is 5.38. The molecule has 0 aromatic heterocycles. The van der Waals surface area contributed by atoms with Crippen LogP contribution in [0.4, 0.5) is 0 Å². The van der Waals surface area contributed by atoms with Crippen molar-refractivity contribution in [3.05, 3.63) is 33.3 Å². The predicted molar refractivity (Wildman–Crippen MR) is 59.4 cm³/mol. The molecule has 0 heterocycles. The van der Waals surface area contributed by atoms with Crippen LogP contribution < -0.4 is 11.3 Å². The molecule has 0 fully saturated rings. The molecular formula is C10H15BrN2. The Hall–Kier alpha value is -0.380. The SMILES string of the molecule is Cc1cc(C(C)NN)cc(C)c1Br. The van der Waals surface area contributed by atoms with Crippen LogP contribution >= 0.6 is 15.9 Å². The molecule has 1 unspecified atom stereocenters. The van der Waals surface area contributed by atoms with E-state index in [0.29, 0.717) is 0 Å². The fourth-order valence-electron chi connectivity index (χ4n) is 1.33. The van der Waals surface area contributed by atoms with E-state index in [-0.39, 0.29) is 6.04 Å². The van der Waals surface area contributed by atoms with Crippen molar-refractivity contribution in [2.75, 3.05) is 0 Å². The minimum Gasteiger partial charge on any atom is -0.271 e. The van der Waals surface area contributed by atoms with Crippen LogP contribution in [0.3, 0.4) is 0 Å². The molecule has 0 bridgehead atoms. The predicted octanol–water partition coefficient (Wildman–Crippen LogP) is 2.59. The van der Waals surface area contributed by atoms with Gasteiger partial charge in [-0.1, -0.05) is 28.1 Å². The van der Waals surface area contributed by atoms with Crippen molar-refractivity contribution >= 4 is 15.9 Å². The number of aryl methyl sites for hydroxylation is 2. The molecule has 1 rings (SSSR count). The van der Waals surface area contributed by atoms with Crippen LogP contribution in [0.1, 0.15) is 29.7 Å². The van der Waals surface area contributed by atoms with E-state index in [0.717, 1.165) is 0 Å². The second-order valence-corrected chi connectivity index (χ2v) is 4.15. The largest absolute Gasteiger partial charge is 0.271 e. The number of nitrogens with two attached hydrogens (primary N) is 1. The lowest BCUT2D eigenvalue weighted by atomic mass is 10.0. The molecule has 0 radical (unpaired) electrons. The van der Waals surface area contributed by atoms with Crippen molar-refractivity contribution in [1.82, 2.24) is 5.43 Å². The van der Waals surface area contributed by atoms with Gasteiger partial charge in [-0.15, -0.1) is 0 Å². The van der Waals surface area contributed by atoms with Crippen molar-refractivity contribution in [2.45, 2.75) is 26.8 Å². The van der Waals surface area contributed by atoms with E-state index < -0.39 is 0 Å². The summed E-state index contributed by atoms with van der Waals surface area (Å²) in [5.41, 5.74) is 6.46. The molecule has 1 aromatic carbocycles. The highest BCUT2D eigenvalue weighted by atomic mass is 79.9. The van der Waals surface area contributed by atoms with Gasteiger partial charge in [-0.25, -0.2) is 0 Å². The zero-order valence-electron chi connectivity index (χ0n) is 8.19. The maximum atomic E-state index is 5.38. The molecule has 2 nitrogen and oxygen atoms in total. The highest BCUT2D eigenvalue weighted by Crippen LogP contribution is 2.25. The number of halogens is 1. The van der Waals surface area contributed by atoms with Gasteiger partial charge in [-0.3, -0.25) is 11.3 Å². The Morgan fingerprint density at radius 3 is 2.15 bits per heavy atom. The summed E-state index contributed by atoms with van der Waals surface area (Å²) >= 11 is 3.53. The monoisotopic (exact) mass is 242 g/mol. The summed E-state index contributed by atoms with van der Waals surface area (Å²) in [5, 5.41) is 0. The first-order chi connectivity index (χ1) is 6.06. The number of nitrogens with one attached hydrogen (secondary N) is 1. The molecule has 0 saturated heterocycles. The van der Waals surface area contributed by atoms with Crippen molar-refractivity contribution in [3.8, 4) is 0 Å². The van der Waals surface area contributed by atoms with Gasteiger partial charge in [0.25, 0.3) is 0 Å². The zero-order valence-corrected chi connectivity index (χ0v) is 9.77. The van der Waals surface area contributed by atoms with Crippen LogP contribution in [-0.4, -0.2) is 0 Å². The molecule has 0 aliphatic heterocycles. The summed E-state index contributed by atoms with van der Waals surface area (Å²) < 4.78 is 1.18. The molecule has 13 heavy (non-hydrogen) atoms. The molecule has 3 heteroatoms.